The van der Waals surface area contributed by atoms with Crippen molar-refractivity contribution in [1.29, 1.82) is 0 Å². The number of anilines is 2. The minimum absolute atomic E-state index is 0.000000909. The normalized spacial score (nSPS) is 11.9. The summed E-state index contributed by atoms with van der Waals surface area (Å²) in [5.74, 6) is -0.471. The van der Waals surface area contributed by atoms with Crippen molar-refractivity contribution in [2.24, 2.45) is 0 Å². The zero-order valence-corrected chi connectivity index (χ0v) is 28.0. The highest BCUT2D eigenvalue weighted by molar-refractivity contribution is 7.15. The van der Waals surface area contributed by atoms with Crippen LogP contribution in [0.5, 0.6) is 0 Å². The number of amides is 2. The van der Waals surface area contributed by atoms with E-state index in [1.165, 1.54) is 29.0 Å². The Kier molecular flexibility index (Phi) is 13.1. The zero-order valence-electron chi connectivity index (χ0n) is 27.2. The third-order valence-electron chi connectivity index (χ3n) is 6.86. The van der Waals surface area contributed by atoms with Gasteiger partial charge in [0.15, 0.2) is 5.82 Å². The van der Waals surface area contributed by atoms with Crippen LogP contribution in [0.2, 0.25) is 0 Å². The molecule has 4 aromatic rings. The van der Waals surface area contributed by atoms with Gasteiger partial charge in [-0.05, 0) is 82.7 Å². The van der Waals surface area contributed by atoms with Gasteiger partial charge in [0.05, 0.1) is 24.8 Å². The van der Waals surface area contributed by atoms with Gasteiger partial charge in [0.1, 0.15) is 23.2 Å². The van der Waals surface area contributed by atoms with Crippen LogP contribution in [0.3, 0.4) is 0 Å². The molecule has 13 heteroatoms. The van der Waals surface area contributed by atoms with Gasteiger partial charge >= 0.3 is 6.09 Å². The van der Waals surface area contributed by atoms with Crippen molar-refractivity contribution in [3.05, 3.63) is 93.9 Å². The molecule has 11 nitrogen and oxygen atoms in total. The Hall–Kier alpha value is -4.49. The van der Waals surface area contributed by atoms with Crippen LogP contribution in [0.1, 0.15) is 74.0 Å². The lowest BCUT2D eigenvalue weighted by Gasteiger charge is -2.22. The molecule has 4 rings (SSSR count). The van der Waals surface area contributed by atoms with E-state index in [0.717, 1.165) is 47.9 Å². The van der Waals surface area contributed by atoms with Gasteiger partial charge < -0.3 is 25.4 Å². The molecular formula is C34H42FN7O4S. The number of carbonyl (C=O) groups is 2. The molecule has 0 aliphatic rings. The molecule has 1 atom stereocenters. The number of carbonyl (C=O) groups excluding carboxylic acids is 2. The van der Waals surface area contributed by atoms with Crippen LogP contribution in [0.4, 0.5) is 20.1 Å². The molecule has 2 aromatic carbocycles. The Labute approximate surface area is 278 Å². The molecule has 2 amide bonds. The molecule has 0 saturated heterocycles. The van der Waals surface area contributed by atoms with E-state index < -0.39 is 23.6 Å². The Morgan fingerprint density at radius 2 is 1.70 bits per heavy atom. The van der Waals surface area contributed by atoms with E-state index >= 15 is 0 Å². The molecule has 0 radical (unpaired) electrons. The van der Waals surface area contributed by atoms with E-state index in [1.807, 2.05) is 24.3 Å². The van der Waals surface area contributed by atoms with Gasteiger partial charge in [0.2, 0.25) is 11.0 Å². The third kappa shape index (κ3) is 12.7. The summed E-state index contributed by atoms with van der Waals surface area (Å²) < 4.78 is 25.4. The van der Waals surface area contributed by atoms with Gasteiger partial charge in [-0.3, -0.25) is 4.79 Å². The first-order chi connectivity index (χ1) is 22.5. The summed E-state index contributed by atoms with van der Waals surface area (Å²) in [6.45, 7) is 7.92. The van der Waals surface area contributed by atoms with Crippen molar-refractivity contribution in [3.63, 3.8) is 0 Å². The summed E-state index contributed by atoms with van der Waals surface area (Å²) in [7, 11) is 0. The number of unbranched alkanes of at least 4 members (excludes halogenated alkanes) is 1. The van der Waals surface area contributed by atoms with E-state index in [0.29, 0.717) is 24.7 Å². The average Bonchev–Trinajstić information content (AvgIpc) is 3.48. The summed E-state index contributed by atoms with van der Waals surface area (Å²) in [5, 5.41) is 27.1. The summed E-state index contributed by atoms with van der Waals surface area (Å²) in [4.78, 5) is 24.8. The third-order valence-corrected chi connectivity index (χ3v) is 7.80. The fraction of sp³-hybridized carbons (Fsp3) is 0.412. The lowest BCUT2D eigenvalue weighted by Crippen LogP contribution is -2.34. The number of nitrogens with one attached hydrogen (secondary N) is 3. The highest BCUT2D eigenvalue weighted by Crippen LogP contribution is 2.21. The van der Waals surface area contributed by atoms with Crippen molar-refractivity contribution in [3.8, 4) is 0 Å². The number of aromatic nitrogens is 4. The number of alkyl carbamates (subject to hydrolysis) is 1. The molecule has 0 aliphatic heterocycles. The lowest BCUT2D eigenvalue weighted by atomic mass is 10.0. The predicted octanol–water partition coefficient (Wildman–Crippen LogP) is 6.43. The molecule has 0 bridgehead atoms. The molecule has 2 heterocycles. The summed E-state index contributed by atoms with van der Waals surface area (Å²) in [6, 6.07) is 17.5. The molecule has 0 fully saturated rings. The van der Waals surface area contributed by atoms with Crippen LogP contribution < -0.4 is 16.0 Å². The molecule has 0 saturated carbocycles. The molecule has 3 N–H and O–H groups in total. The SMILES string of the molecule is CC(NC(=O)OC(C)(C)C)c1cc(CC(=O)Nc2ccc(CCCCc3nnc(NCOCCc4ccccc4)s3)nn2)ccc1F. The summed E-state index contributed by atoms with van der Waals surface area (Å²) in [5.41, 5.74) is 2.24. The summed E-state index contributed by atoms with van der Waals surface area (Å²) >= 11 is 1.53. The minimum Gasteiger partial charge on any atom is -0.444 e. The highest BCUT2D eigenvalue weighted by Gasteiger charge is 2.20. The van der Waals surface area contributed by atoms with E-state index in [9.17, 15) is 14.0 Å². The first kappa shape index (κ1) is 35.4. The fourth-order valence-corrected chi connectivity index (χ4v) is 5.32. The second kappa shape index (κ2) is 17.4. The number of halogens is 1. The van der Waals surface area contributed by atoms with Gasteiger partial charge in [-0.1, -0.05) is 53.8 Å². The molecule has 2 aromatic heterocycles. The monoisotopic (exact) mass is 663 g/mol. The van der Waals surface area contributed by atoms with Gasteiger partial charge in [-0.25, -0.2) is 9.18 Å². The Morgan fingerprint density at radius 1 is 0.915 bits per heavy atom. The Bertz CT molecular complexity index is 1580. The molecule has 47 heavy (non-hydrogen) atoms. The van der Waals surface area contributed by atoms with Gasteiger partial charge in [0.25, 0.3) is 0 Å². The van der Waals surface area contributed by atoms with Crippen molar-refractivity contribution >= 4 is 34.3 Å². The van der Waals surface area contributed by atoms with E-state index in [-0.39, 0.29) is 17.9 Å². The Balaban J connectivity index is 1.13. The minimum atomic E-state index is -0.675. The maximum atomic E-state index is 14.5. The van der Waals surface area contributed by atoms with Crippen LogP contribution in [0.25, 0.3) is 0 Å². The fourth-order valence-electron chi connectivity index (χ4n) is 4.56. The van der Waals surface area contributed by atoms with Crippen LogP contribution in [-0.2, 0) is 40.0 Å². The molecule has 250 valence electrons. The lowest BCUT2D eigenvalue weighted by molar-refractivity contribution is -0.115. The molecule has 0 aliphatic carbocycles. The largest absolute Gasteiger partial charge is 0.444 e. The number of nitrogens with zero attached hydrogens (tertiary/aromatic N) is 4. The van der Waals surface area contributed by atoms with Gasteiger partial charge in [0, 0.05) is 12.0 Å². The topological polar surface area (TPSA) is 140 Å². The average molecular weight is 664 g/mol. The Morgan fingerprint density at radius 3 is 2.45 bits per heavy atom. The van der Waals surface area contributed by atoms with Crippen LogP contribution in [0.15, 0.2) is 60.7 Å². The van der Waals surface area contributed by atoms with Crippen molar-refractivity contribution in [1.82, 2.24) is 25.7 Å². The van der Waals surface area contributed by atoms with E-state index in [2.05, 4.69) is 48.5 Å². The zero-order chi connectivity index (χ0) is 33.6. The number of rotatable bonds is 16. The van der Waals surface area contributed by atoms with Crippen molar-refractivity contribution in [2.45, 2.75) is 77.9 Å². The van der Waals surface area contributed by atoms with E-state index in [1.54, 1.807) is 39.8 Å². The second-order valence-corrected chi connectivity index (χ2v) is 13.1. The van der Waals surface area contributed by atoms with Crippen molar-refractivity contribution < 1.29 is 23.5 Å². The number of ether oxygens (including phenoxy) is 2. The smallest absolute Gasteiger partial charge is 0.408 e. The highest BCUT2D eigenvalue weighted by atomic mass is 32.1. The van der Waals surface area contributed by atoms with E-state index in [4.69, 9.17) is 9.47 Å². The predicted molar refractivity (Wildman–Crippen MR) is 180 cm³/mol. The van der Waals surface area contributed by atoms with Crippen LogP contribution >= 0.6 is 11.3 Å². The quantitative estimate of drug-likeness (QED) is 0.0914. The van der Waals surface area contributed by atoms with Crippen LogP contribution in [-0.4, -0.2) is 51.3 Å². The first-order valence-electron chi connectivity index (χ1n) is 15.6. The first-order valence-corrected chi connectivity index (χ1v) is 16.4. The number of aryl methyl sites for hydroxylation is 2. The van der Waals surface area contributed by atoms with Crippen molar-refractivity contribution in [2.75, 3.05) is 24.0 Å². The molecule has 1 unspecified atom stereocenters. The summed E-state index contributed by atoms with van der Waals surface area (Å²) in [6.07, 6.45) is 3.60. The standard InChI is InChI=1S/C34H42FN7O4S/c1-23(37-33(44)46-34(2,3)4)27-20-25(14-16-28(27)35)21-30(43)38-29-17-15-26(39-40-29)12-8-9-13-31-41-42-32(47-31)36-22-45-19-18-24-10-6-5-7-11-24/h5-7,10-11,14-17,20,23H,8-9,12-13,18-19,21-22H2,1-4H3,(H,36,42)(H,37,44)(H,38,40,43). The maximum Gasteiger partial charge on any atom is 0.408 e. The number of hydrogen-bond acceptors (Lipinski definition) is 10. The molecule has 0 spiro atoms. The maximum absolute atomic E-state index is 14.5. The van der Waals surface area contributed by atoms with Gasteiger partial charge in [-0.15, -0.1) is 15.3 Å². The van der Waals surface area contributed by atoms with Gasteiger partial charge in [-0.2, -0.15) is 5.10 Å². The molecular weight excluding hydrogens is 621 g/mol. The number of benzene rings is 2. The van der Waals surface area contributed by atoms with Crippen LogP contribution in [0, 0.1) is 5.82 Å². The second-order valence-electron chi connectivity index (χ2n) is 12.0. The number of hydrogen-bond donors (Lipinski definition) is 3.